The molecule has 110 valence electrons. The minimum Gasteiger partial charge on any atom is -0.352 e. The minimum atomic E-state index is -2.87. The largest absolute Gasteiger partial charge is 0.352 e. The maximum atomic E-state index is 11.9. The number of amides is 1. The summed E-state index contributed by atoms with van der Waals surface area (Å²) in [5, 5.41) is 3.02. The van der Waals surface area contributed by atoms with Gasteiger partial charge in [-0.1, -0.05) is 0 Å². The second-order valence-corrected chi connectivity index (χ2v) is 7.91. The number of carbonyl (C=O) groups excluding carboxylic acids is 1. The van der Waals surface area contributed by atoms with Crippen LogP contribution in [0.3, 0.4) is 0 Å². The van der Waals surface area contributed by atoms with E-state index in [-0.39, 0.29) is 29.5 Å². The van der Waals surface area contributed by atoms with Crippen molar-refractivity contribution in [3.05, 3.63) is 0 Å². The van der Waals surface area contributed by atoms with Gasteiger partial charge in [0.2, 0.25) is 5.91 Å². The third-order valence-corrected chi connectivity index (χ3v) is 5.55. The summed E-state index contributed by atoms with van der Waals surface area (Å²) in [5.41, 5.74) is 5.82. The first-order valence-electron chi connectivity index (χ1n) is 6.92. The minimum absolute atomic E-state index is 0.000214. The van der Waals surface area contributed by atoms with Crippen molar-refractivity contribution >= 4 is 15.7 Å². The molecule has 2 aliphatic rings. The van der Waals surface area contributed by atoms with Gasteiger partial charge in [0.1, 0.15) is 0 Å². The van der Waals surface area contributed by atoms with Crippen LogP contribution in [-0.4, -0.2) is 62.4 Å². The van der Waals surface area contributed by atoms with Crippen LogP contribution in [0.1, 0.15) is 25.7 Å². The summed E-state index contributed by atoms with van der Waals surface area (Å²) in [6, 6.07) is 0.515. The fraction of sp³-hybridized carbons (Fsp3) is 0.917. The van der Waals surface area contributed by atoms with E-state index >= 15 is 0 Å². The van der Waals surface area contributed by atoms with Crippen LogP contribution >= 0.6 is 0 Å². The zero-order chi connectivity index (χ0) is 13.9. The second kappa shape index (κ2) is 6.19. The number of hydrogen-bond donors (Lipinski definition) is 2. The molecule has 0 aromatic rings. The van der Waals surface area contributed by atoms with E-state index in [1.807, 2.05) is 4.90 Å². The molecule has 2 rings (SSSR count). The molecule has 19 heavy (non-hydrogen) atoms. The van der Waals surface area contributed by atoms with Gasteiger partial charge in [-0.05, 0) is 25.7 Å². The van der Waals surface area contributed by atoms with Crippen molar-refractivity contribution in [2.45, 2.75) is 37.8 Å². The molecule has 1 amide bonds. The highest BCUT2D eigenvalue weighted by atomic mass is 32.2. The Morgan fingerprint density at radius 3 is 2.32 bits per heavy atom. The van der Waals surface area contributed by atoms with Gasteiger partial charge < -0.3 is 11.1 Å². The SMILES string of the molecule is N[C@H]1CC[C@H](NC(=O)CN2CCS(=O)(=O)CC2)CC1. The van der Waals surface area contributed by atoms with Crippen LogP contribution in [0.25, 0.3) is 0 Å². The second-order valence-electron chi connectivity index (χ2n) is 5.61. The molecule has 2 fully saturated rings. The van der Waals surface area contributed by atoms with Crippen molar-refractivity contribution in [2.75, 3.05) is 31.1 Å². The molecular weight excluding hydrogens is 266 g/mol. The van der Waals surface area contributed by atoms with Gasteiger partial charge in [0.25, 0.3) is 0 Å². The topological polar surface area (TPSA) is 92.5 Å². The fourth-order valence-corrected chi connectivity index (χ4v) is 3.93. The van der Waals surface area contributed by atoms with E-state index in [9.17, 15) is 13.2 Å². The van der Waals surface area contributed by atoms with Gasteiger partial charge in [0.15, 0.2) is 9.84 Å². The molecular formula is C12H23N3O3S. The maximum Gasteiger partial charge on any atom is 0.234 e. The molecule has 0 aromatic heterocycles. The Morgan fingerprint density at radius 2 is 1.74 bits per heavy atom. The summed E-state index contributed by atoms with van der Waals surface area (Å²) in [7, 11) is -2.87. The molecule has 0 atom stereocenters. The van der Waals surface area contributed by atoms with E-state index in [1.165, 1.54) is 0 Å². The summed E-state index contributed by atoms with van der Waals surface area (Å²) in [6.07, 6.45) is 3.82. The Hall–Kier alpha value is -0.660. The summed E-state index contributed by atoms with van der Waals surface area (Å²) in [5.74, 6) is 0.330. The normalized spacial score (nSPS) is 31.8. The lowest BCUT2D eigenvalue weighted by molar-refractivity contribution is -0.123. The van der Waals surface area contributed by atoms with E-state index in [2.05, 4.69) is 5.32 Å². The third-order valence-electron chi connectivity index (χ3n) is 3.94. The molecule has 0 radical (unpaired) electrons. The quantitative estimate of drug-likeness (QED) is 0.702. The van der Waals surface area contributed by atoms with Gasteiger partial charge in [0.05, 0.1) is 18.1 Å². The number of nitrogens with two attached hydrogens (primary N) is 1. The average Bonchev–Trinajstić information content (AvgIpc) is 2.35. The van der Waals surface area contributed by atoms with E-state index < -0.39 is 9.84 Å². The fourth-order valence-electron chi connectivity index (χ4n) is 2.65. The standard InChI is InChI=1S/C12H23N3O3S/c13-10-1-3-11(4-2-10)14-12(16)9-15-5-7-19(17,18)8-6-15/h10-11H,1-9,13H2,(H,14,16)/t10-,11-. The number of carbonyl (C=O) groups is 1. The monoisotopic (exact) mass is 289 g/mol. The highest BCUT2D eigenvalue weighted by molar-refractivity contribution is 7.91. The van der Waals surface area contributed by atoms with Gasteiger partial charge in [-0.15, -0.1) is 0 Å². The first-order chi connectivity index (χ1) is 8.94. The van der Waals surface area contributed by atoms with Gasteiger partial charge in [-0.25, -0.2) is 8.42 Å². The van der Waals surface area contributed by atoms with Crippen molar-refractivity contribution in [2.24, 2.45) is 5.73 Å². The van der Waals surface area contributed by atoms with Crippen LogP contribution in [0, 0.1) is 0 Å². The van der Waals surface area contributed by atoms with Gasteiger partial charge >= 0.3 is 0 Å². The molecule has 0 aromatic carbocycles. The Balaban J connectivity index is 1.70. The predicted molar refractivity (Wildman–Crippen MR) is 73.5 cm³/mol. The average molecular weight is 289 g/mol. The molecule has 1 aliphatic heterocycles. The molecule has 0 spiro atoms. The number of rotatable bonds is 3. The Bertz CT molecular complexity index is 402. The van der Waals surface area contributed by atoms with E-state index in [1.54, 1.807) is 0 Å². The van der Waals surface area contributed by atoms with E-state index in [0.717, 1.165) is 25.7 Å². The van der Waals surface area contributed by atoms with Crippen LogP contribution in [0.4, 0.5) is 0 Å². The maximum absolute atomic E-state index is 11.9. The number of nitrogens with zero attached hydrogens (tertiary/aromatic N) is 1. The van der Waals surface area contributed by atoms with Crippen LogP contribution in [0.15, 0.2) is 0 Å². The van der Waals surface area contributed by atoms with Crippen molar-refractivity contribution in [1.82, 2.24) is 10.2 Å². The summed E-state index contributed by atoms with van der Waals surface area (Å²) in [4.78, 5) is 13.8. The Morgan fingerprint density at radius 1 is 1.16 bits per heavy atom. The molecule has 7 heteroatoms. The van der Waals surface area contributed by atoms with Crippen molar-refractivity contribution < 1.29 is 13.2 Å². The zero-order valence-corrected chi connectivity index (χ0v) is 12.0. The molecule has 1 saturated heterocycles. The Labute approximate surface area is 114 Å². The number of nitrogens with one attached hydrogen (secondary N) is 1. The summed E-state index contributed by atoms with van der Waals surface area (Å²) < 4.78 is 22.6. The van der Waals surface area contributed by atoms with E-state index in [0.29, 0.717) is 19.6 Å². The number of sulfone groups is 1. The van der Waals surface area contributed by atoms with Crippen LogP contribution < -0.4 is 11.1 Å². The van der Waals surface area contributed by atoms with E-state index in [4.69, 9.17) is 5.73 Å². The lowest BCUT2D eigenvalue weighted by Gasteiger charge is -2.29. The highest BCUT2D eigenvalue weighted by Crippen LogP contribution is 2.16. The number of hydrogen-bond acceptors (Lipinski definition) is 5. The van der Waals surface area contributed by atoms with Crippen LogP contribution in [0.5, 0.6) is 0 Å². The predicted octanol–water partition coefficient (Wildman–Crippen LogP) is -0.897. The first kappa shape index (κ1) is 14.7. The lowest BCUT2D eigenvalue weighted by atomic mass is 9.92. The molecule has 0 bridgehead atoms. The first-order valence-corrected chi connectivity index (χ1v) is 8.74. The molecule has 6 nitrogen and oxygen atoms in total. The van der Waals surface area contributed by atoms with Crippen molar-refractivity contribution in [3.63, 3.8) is 0 Å². The molecule has 3 N–H and O–H groups in total. The Kier molecular flexibility index (Phi) is 4.81. The summed E-state index contributed by atoms with van der Waals surface area (Å²) in [6.45, 7) is 1.23. The van der Waals surface area contributed by atoms with Gasteiger partial charge in [-0.3, -0.25) is 9.69 Å². The zero-order valence-electron chi connectivity index (χ0n) is 11.2. The molecule has 1 heterocycles. The molecule has 0 unspecified atom stereocenters. The van der Waals surface area contributed by atoms with Crippen LogP contribution in [-0.2, 0) is 14.6 Å². The highest BCUT2D eigenvalue weighted by Gasteiger charge is 2.24. The molecule has 1 aliphatic carbocycles. The molecule has 1 saturated carbocycles. The lowest BCUT2D eigenvalue weighted by Crippen LogP contribution is -2.48. The van der Waals surface area contributed by atoms with Crippen LogP contribution in [0.2, 0.25) is 0 Å². The summed E-state index contributed by atoms with van der Waals surface area (Å²) >= 11 is 0. The van der Waals surface area contributed by atoms with Gasteiger partial charge in [-0.2, -0.15) is 0 Å². The van der Waals surface area contributed by atoms with Crippen molar-refractivity contribution in [1.29, 1.82) is 0 Å². The smallest absolute Gasteiger partial charge is 0.234 e. The van der Waals surface area contributed by atoms with Crippen molar-refractivity contribution in [3.8, 4) is 0 Å². The van der Waals surface area contributed by atoms with Gasteiger partial charge in [0, 0.05) is 25.2 Å². The third kappa shape index (κ3) is 4.74.